The first-order valence-electron chi connectivity index (χ1n) is 4.37. The molecule has 1 rings (SSSR count). The van der Waals surface area contributed by atoms with Crippen molar-refractivity contribution in [3.63, 3.8) is 0 Å². The molecule has 1 heterocycles. The summed E-state index contributed by atoms with van der Waals surface area (Å²) in [5.41, 5.74) is 5.03. The molecule has 1 atom stereocenters. The van der Waals surface area contributed by atoms with Gasteiger partial charge in [0.05, 0.1) is 17.1 Å². The molecule has 86 valence electrons. The monoisotopic (exact) mass is 243 g/mol. The van der Waals surface area contributed by atoms with Gasteiger partial charge in [0.1, 0.15) is 6.10 Å². The highest BCUT2D eigenvalue weighted by Gasteiger charge is 2.14. The van der Waals surface area contributed by atoms with Gasteiger partial charge in [-0.05, 0) is 6.07 Å². The number of hydrogen-bond acceptors (Lipinski definition) is 4. The largest absolute Gasteiger partial charge is 0.381 e. The Morgan fingerprint density at radius 2 is 2.31 bits per heavy atom. The van der Waals surface area contributed by atoms with Crippen molar-refractivity contribution in [3.05, 3.63) is 29.0 Å². The highest BCUT2D eigenvalue weighted by molar-refractivity contribution is 6.33. The molecule has 4 N–H and O–H groups in total. The summed E-state index contributed by atoms with van der Waals surface area (Å²) in [6.45, 7) is -0.257. The molecule has 0 bridgehead atoms. The SMILES string of the molecule is NC(=O)C(O)CNC(=O)c1ccncc1Cl. The zero-order valence-electron chi connectivity index (χ0n) is 8.18. The molecule has 0 saturated carbocycles. The third kappa shape index (κ3) is 3.18. The number of aliphatic hydroxyl groups excluding tert-OH is 1. The number of pyridine rings is 1. The van der Waals surface area contributed by atoms with Gasteiger partial charge in [0.2, 0.25) is 5.91 Å². The van der Waals surface area contributed by atoms with Crippen LogP contribution < -0.4 is 11.1 Å². The molecular formula is C9H10ClN3O3. The topological polar surface area (TPSA) is 105 Å². The maximum Gasteiger partial charge on any atom is 0.253 e. The molecule has 0 saturated heterocycles. The van der Waals surface area contributed by atoms with Gasteiger partial charge in [0.15, 0.2) is 0 Å². The fourth-order valence-electron chi connectivity index (χ4n) is 0.945. The summed E-state index contributed by atoms with van der Waals surface area (Å²) in [5, 5.41) is 11.6. The Balaban J connectivity index is 2.60. The number of nitrogens with zero attached hydrogens (tertiary/aromatic N) is 1. The normalized spacial score (nSPS) is 11.9. The lowest BCUT2D eigenvalue weighted by Gasteiger charge is -2.08. The second-order valence-corrected chi connectivity index (χ2v) is 3.39. The van der Waals surface area contributed by atoms with Crippen molar-refractivity contribution in [3.8, 4) is 0 Å². The van der Waals surface area contributed by atoms with Crippen molar-refractivity contribution in [1.82, 2.24) is 10.3 Å². The number of hydrogen-bond donors (Lipinski definition) is 3. The molecule has 0 aliphatic carbocycles. The summed E-state index contributed by atoms with van der Waals surface area (Å²) < 4.78 is 0. The lowest BCUT2D eigenvalue weighted by atomic mass is 10.2. The standard InChI is InChI=1S/C9H10ClN3O3/c10-6-3-12-2-1-5(6)9(16)13-4-7(14)8(11)15/h1-3,7,14H,4H2,(H2,11,15)(H,13,16). The molecule has 16 heavy (non-hydrogen) atoms. The van der Waals surface area contributed by atoms with Crippen LogP contribution in [-0.2, 0) is 4.79 Å². The number of primary amides is 1. The number of aromatic nitrogens is 1. The van der Waals surface area contributed by atoms with E-state index < -0.39 is 17.9 Å². The van der Waals surface area contributed by atoms with Gasteiger partial charge in [-0.3, -0.25) is 14.6 Å². The van der Waals surface area contributed by atoms with Crippen LogP contribution in [0.3, 0.4) is 0 Å². The van der Waals surface area contributed by atoms with E-state index in [1.165, 1.54) is 18.5 Å². The zero-order chi connectivity index (χ0) is 12.1. The van der Waals surface area contributed by atoms with Crippen LogP contribution in [0.1, 0.15) is 10.4 Å². The Labute approximate surface area is 96.4 Å². The van der Waals surface area contributed by atoms with Gasteiger partial charge < -0.3 is 16.2 Å². The number of nitrogens with one attached hydrogen (secondary N) is 1. The van der Waals surface area contributed by atoms with Crippen LogP contribution in [0.2, 0.25) is 5.02 Å². The summed E-state index contributed by atoms with van der Waals surface area (Å²) in [4.78, 5) is 25.7. The Bertz CT molecular complexity index is 411. The van der Waals surface area contributed by atoms with Crippen molar-refractivity contribution >= 4 is 23.4 Å². The van der Waals surface area contributed by atoms with Crippen molar-refractivity contribution < 1.29 is 14.7 Å². The molecule has 1 unspecified atom stereocenters. The summed E-state index contributed by atoms with van der Waals surface area (Å²) in [5.74, 6) is -1.41. The first-order valence-corrected chi connectivity index (χ1v) is 4.75. The molecule has 0 aliphatic heterocycles. The lowest BCUT2D eigenvalue weighted by molar-refractivity contribution is -0.125. The van der Waals surface area contributed by atoms with Gasteiger partial charge in [-0.2, -0.15) is 0 Å². The molecule has 0 fully saturated rings. The molecule has 0 radical (unpaired) electrons. The van der Waals surface area contributed by atoms with Crippen molar-refractivity contribution in [2.24, 2.45) is 5.73 Å². The third-order valence-electron chi connectivity index (χ3n) is 1.80. The van der Waals surface area contributed by atoms with Crippen LogP contribution in [0, 0.1) is 0 Å². The predicted octanol–water partition coefficient (Wildman–Crippen LogP) is -0.689. The van der Waals surface area contributed by atoms with Crippen molar-refractivity contribution in [1.29, 1.82) is 0 Å². The molecule has 2 amide bonds. The van der Waals surface area contributed by atoms with Gasteiger partial charge in [-0.15, -0.1) is 0 Å². The molecule has 0 spiro atoms. The van der Waals surface area contributed by atoms with Crippen molar-refractivity contribution in [2.75, 3.05) is 6.54 Å². The second-order valence-electron chi connectivity index (χ2n) is 2.98. The number of carbonyl (C=O) groups excluding carboxylic acids is 2. The maximum absolute atomic E-state index is 11.5. The number of amides is 2. The van der Waals surface area contributed by atoms with Gasteiger partial charge in [-0.25, -0.2) is 0 Å². The quantitative estimate of drug-likeness (QED) is 0.651. The van der Waals surface area contributed by atoms with Crippen molar-refractivity contribution in [2.45, 2.75) is 6.10 Å². The van der Waals surface area contributed by atoms with E-state index in [0.29, 0.717) is 0 Å². The van der Waals surface area contributed by atoms with E-state index in [1.807, 2.05) is 0 Å². The molecule has 7 heteroatoms. The van der Waals surface area contributed by atoms with Gasteiger partial charge in [0.25, 0.3) is 5.91 Å². The van der Waals surface area contributed by atoms with Crippen LogP contribution in [0.25, 0.3) is 0 Å². The van der Waals surface area contributed by atoms with Gasteiger partial charge >= 0.3 is 0 Å². The Morgan fingerprint density at radius 1 is 1.62 bits per heavy atom. The minimum atomic E-state index is -1.41. The van der Waals surface area contributed by atoms with Crippen LogP contribution in [0.5, 0.6) is 0 Å². The Morgan fingerprint density at radius 3 is 2.88 bits per heavy atom. The molecular weight excluding hydrogens is 234 g/mol. The van der Waals surface area contributed by atoms with E-state index in [9.17, 15) is 9.59 Å². The highest BCUT2D eigenvalue weighted by atomic mass is 35.5. The Kier molecular flexibility index (Phi) is 4.21. The van der Waals surface area contributed by atoms with E-state index in [2.05, 4.69) is 10.3 Å². The first-order chi connectivity index (χ1) is 7.52. The summed E-state index contributed by atoms with van der Waals surface area (Å²) in [6.07, 6.45) is 1.32. The summed E-state index contributed by atoms with van der Waals surface area (Å²) in [6, 6.07) is 1.42. The molecule has 6 nitrogen and oxygen atoms in total. The average molecular weight is 244 g/mol. The van der Waals surface area contributed by atoms with Crippen LogP contribution >= 0.6 is 11.6 Å². The van der Waals surface area contributed by atoms with Gasteiger partial charge in [0, 0.05) is 12.4 Å². The van der Waals surface area contributed by atoms with Crippen LogP contribution in [0.4, 0.5) is 0 Å². The molecule has 1 aromatic rings. The lowest BCUT2D eigenvalue weighted by Crippen LogP contribution is -2.40. The molecule has 0 aromatic carbocycles. The summed E-state index contributed by atoms with van der Waals surface area (Å²) >= 11 is 5.72. The number of halogens is 1. The van der Waals surface area contributed by atoms with Gasteiger partial charge in [-0.1, -0.05) is 11.6 Å². The summed E-state index contributed by atoms with van der Waals surface area (Å²) in [7, 11) is 0. The zero-order valence-corrected chi connectivity index (χ0v) is 8.94. The highest BCUT2D eigenvalue weighted by Crippen LogP contribution is 2.12. The molecule has 1 aromatic heterocycles. The fraction of sp³-hybridized carbons (Fsp3) is 0.222. The van der Waals surface area contributed by atoms with E-state index in [0.717, 1.165) is 0 Å². The average Bonchev–Trinajstić information content (AvgIpc) is 2.25. The second kappa shape index (κ2) is 5.43. The molecule has 0 aliphatic rings. The number of nitrogens with two attached hydrogens (primary N) is 1. The van der Waals surface area contributed by atoms with E-state index in [-0.39, 0.29) is 17.1 Å². The maximum atomic E-state index is 11.5. The first kappa shape index (κ1) is 12.4. The predicted molar refractivity (Wildman–Crippen MR) is 56.8 cm³/mol. The third-order valence-corrected chi connectivity index (χ3v) is 2.10. The van der Waals surface area contributed by atoms with E-state index in [1.54, 1.807) is 0 Å². The number of rotatable bonds is 4. The number of aliphatic hydroxyl groups is 1. The van der Waals surface area contributed by atoms with Crippen LogP contribution in [0.15, 0.2) is 18.5 Å². The smallest absolute Gasteiger partial charge is 0.253 e. The fourth-order valence-corrected chi connectivity index (χ4v) is 1.15. The Hall–Kier alpha value is -1.66. The number of carbonyl (C=O) groups is 2. The van der Waals surface area contributed by atoms with E-state index >= 15 is 0 Å². The van der Waals surface area contributed by atoms with Crippen LogP contribution in [-0.4, -0.2) is 34.6 Å². The minimum absolute atomic E-state index is 0.188. The van der Waals surface area contributed by atoms with E-state index in [4.69, 9.17) is 22.4 Å². The minimum Gasteiger partial charge on any atom is -0.381 e.